The summed E-state index contributed by atoms with van der Waals surface area (Å²) in [5.74, 6) is -0.593. The maximum absolute atomic E-state index is 12.5. The number of fused-ring (bicyclic) bond motifs is 5. The molecule has 0 spiro atoms. The van der Waals surface area contributed by atoms with E-state index in [2.05, 4.69) is 40.7 Å². The zero-order valence-electron chi connectivity index (χ0n) is 33.5. The van der Waals surface area contributed by atoms with E-state index < -0.39 is 102 Å². The molecular weight excluding hydrogens is 700 g/mol. The highest BCUT2D eigenvalue weighted by atomic mass is 16.7. The predicted octanol–water partition coefficient (Wildman–Crippen LogP) is 1.76. The van der Waals surface area contributed by atoms with Crippen molar-refractivity contribution in [2.24, 2.45) is 45.3 Å². The summed E-state index contributed by atoms with van der Waals surface area (Å²) in [4.78, 5) is 0. The summed E-state index contributed by atoms with van der Waals surface area (Å²) in [6.07, 6.45) is -7.04. The first-order chi connectivity index (χ1) is 25.1. The SMILES string of the molecule is CC(C)=CCCC(C)(OC1OC(CO)C(O)C(O)C1O)C1CCC2(C)C1C(O)CC1C3(C)CCC(O)C(C)(C)C3C(OC3OCC(O)C(O)C3O)CC12C. The second-order valence-corrected chi connectivity index (χ2v) is 19.8. The molecule has 6 rings (SSSR count). The Bertz CT molecular complexity index is 1360. The molecule has 54 heavy (non-hydrogen) atoms. The highest BCUT2D eigenvalue weighted by Crippen LogP contribution is 2.76. The lowest BCUT2D eigenvalue weighted by Gasteiger charge is -2.72. The van der Waals surface area contributed by atoms with Gasteiger partial charge in [0.25, 0.3) is 0 Å². The molecule has 4 saturated carbocycles. The van der Waals surface area contributed by atoms with Crippen LogP contribution in [0.3, 0.4) is 0 Å². The summed E-state index contributed by atoms with van der Waals surface area (Å²) in [7, 11) is 0. The van der Waals surface area contributed by atoms with Crippen LogP contribution in [0.2, 0.25) is 0 Å². The van der Waals surface area contributed by atoms with E-state index in [-0.39, 0.29) is 35.7 Å². The van der Waals surface area contributed by atoms with Gasteiger partial charge in [0.2, 0.25) is 0 Å². The minimum Gasteiger partial charge on any atom is -0.394 e. The van der Waals surface area contributed by atoms with Gasteiger partial charge in [-0.1, -0.05) is 46.3 Å². The third kappa shape index (κ3) is 6.76. The lowest BCUT2D eigenvalue weighted by atomic mass is 9.34. The van der Waals surface area contributed by atoms with Gasteiger partial charge in [-0.15, -0.1) is 0 Å². The molecule has 0 bridgehead atoms. The largest absolute Gasteiger partial charge is 0.394 e. The monoisotopic (exact) mass is 770 g/mol. The maximum atomic E-state index is 12.5. The van der Waals surface area contributed by atoms with Crippen LogP contribution in [-0.4, -0.2) is 138 Å². The highest BCUT2D eigenvalue weighted by molar-refractivity contribution is 5.22. The van der Waals surface area contributed by atoms with Gasteiger partial charge < -0.3 is 64.9 Å². The van der Waals surface area contributed by atoms with Crippen molar-refractivity contribution in [3.05, 3.63) is 11.6 Å². The van der Waals surface area contributed by atoms with E-state index >= 15 is 0 Å². The second kappa shape index (κ2) is 15.1. The van der Waals surface area contributed by atoms with Gasteiger partial charge in [0.05, 0.1) is 37.1 Å². The molecule has 6 aliphatic rings. The first kappa shape index (κ1) is 42.8. The van der Waals surface area contributed by atoms with Crippen molar-refractivity contribution in [1.29, 1.82) is 0 Å². The Morgan fingerprint density at radius 3 is 2.13 bits per heavy atom. The Hall–Kier alpha value is -0.780. The molecule has 0 aromatic heterocycles. The zero-order valence-corrected chi connectivity index (χ0v) is 33.5. The Morgan fingerprint density at radius 2 is 1.48 bits per heavy atom. The van der Waals surface area contributed by atoms with Gasteiger partial charge in [-0.25, -0.2) is 0 Å². The molecule has 0 aromatic rings. The van der Waals surface area contributed by atoms with E-state index in [4.69, 9.17) is 18.9 Å². The fourth-order valence-electron chi connectivity index (χ4n) is 13.2. The minimum absolute atomic E-state index is 0.0459. The van der Waals surface area contributed by atoms with Crippen LogP contribution in [-0.2, 0) is 18.9 Å². The van der Waals surface area contributed by atoms with Crippen LogP contribution in [0.15, 0.2) is 11.6 Å². The van der Waals surface area contributed by atoms with Crippen molar-refractivity contribution < 1.29 is 64.9 Å². The Kier molecular flexibility index (Phi) is 12.0. The average molecular weight is 771 g/mol. The predicted molar refractivity (Wildman–Crippen MR) is 196 cm³/mol. The number of hydrogen-bond acceptors (Lipinski definition) is 13. The van der Waals surface area contributed by atoms with Crippen LogP contribution in [0.1, 0.15) is 107 Å². The van der Waals surface area contributed by atoms with Gasteiger partial charge in [-0.2, -0.15) is 0 Å². The third-order valence-electron chi connectivity index (χ3n) is 16.2. The van der Waals surface area contributed by atoms with E-state index in [9.17, 15) is 46.0 Å². The lowest BCUT2D eigenvalue weighted by Crippen LogP contribution is -2.70. The summed E-state index contributed by atoms with van der Waals surface area (Å²) < 4.78 is 25.3. The maximum Gasteiger partial charge on any atom is 0.187 e. The molecule has 4 aliphatic carbocycles. The Labute approximate surface area is 320 Å². The quantitative estimate of drug-likeness (QED) is 0.121. The van der Waals surface area contributed by atoms with Crippen LogP contribution >= 0.6 is 0 Å². The zero-order chi connectivity index (χ0) is 39.9. The summed E-state index contributed by atoms with van der Waals surface area (Å²) in [5.41, 5.74) is -1.65. The molecule has 312 valence electrons. The minimum atomic E-state index is -1.58. The lowest BCUT2D eigenvalue weighted by molar-refractivity contribution is -0.341. The number of rotatable bonds is 9. The Balaban J connectivity index is 1.38. The second-order valence-electron chi connectivity index (χ2n) is 19.8. The molecule has 13 nitrogen and oxygen atoms in total. The van der Waals surface area contributed by atoms with Crippen molar-refractivity contribution in [2.75, 3.05) is 13.2 Å². The van der Waals surface area contributed by atoms with E-state index in [0.717, 1.165) is 18.4 Å². The fourth-order valence-corrected chi connectivity index (χ4v) is 13.2. The number of aliphatic hydroxyl groups excluding tert-OH is 9. The molecule has 2 aliphatic heterocycles. The van der Waals surface area contributed by atoms with Crippen LogP contribution in [0.4, 0.5) is 0 Å². The molecule has 0 aromatic carbocycles. The van der Waals surface area contributed by atoms with E-state index in [1.165, 1.54) is 0 Å². The standard InChI is InChI=1S/C41H70O13/c1-20(2)10-9-13-41(8,54-36-33(50)31(48)30(47)25(18-42)53-36)21-11-15-39(6)28(21)22(43)16-26-38(5)14-12-27(45)37(3,4)34(38)24(17-40(26,39)7)52-35-32(49)29(46)23(44)19-51-35/h10,21-36,42-50H,9,11-19H2,1-8H3. The molecule has 2 heterocycles. The summed E-state index contributed by atoms with van der Waals surface area (Å²) in [6.45, 7) is 16.3. The van der Waals surface area contributed by atoms with Crippen molar-refractivity contribution in [1.82, 2.24) is 0 Å². The van der Waals surface area contributed by atoms with Gasteiger partial charge in [-0.3, -0.25) is 0 Å². The van der Waals surface area contributed by atoms with Crippen molar-refractivity contribution in [3.63, 3.8) is 0 Å². The number of hydrogen-bond donors (Lipinski definition) is 9. The first-order valence-corrected chi connectivity index (χ1v) is 20.4. The molecule has 9 N–H and O–H groups in total. The molecular formula is C41H70O13. The molecule has 0 radical (unpaired) electrons. The van der Waals surface area contributed by atoms with Crippen molar-refractivity contribution in [3.8, 4) is 0 Å². The average Bonchev–Trinajstić information content (AvgIpc) is 3.48. The van der Waals surface area contributed by atoms with Gasteiger partial charge in [0.15, 0.2) is 12.6 Å². The van der Waals surface area contributed by atoms with Gasteiger partial charge >= 0.3 is 0 Å². The highest BCUT2D eigenvalue weighted by Gasteiger charge is 2.74. The van der Waals surface area contributed by atoms with Crippen LogP contribution in [0.25, 0.3) is 0 Å². The van der Waals surface area contributed by atoms with Gasteiger partial charge in [-0.05, 0) is 117 Å². The van der Waals surface area contributed by atoms with E-state index in [0.29, 0.717) is 38.5 Å². The molecule has 13 heteroatoms. The van der Waals surface area contributed by atoms with Crippen LogP contribution in [0.5, 0.6) is 0 Å². The number of ether oxygens (including phenoxy) is 4. The smallest absolute Gasteiger partial charge is 0.187 e. The van der Waals surface area contributed by atoms with Gasteiger partial charge in [0.1, 0.15) is 42.7 Å². The van der Waals surface area contributed by atoms with E-state index in [1.54, 1.807) is 0 Å². The summed E-state index contributed by atoms with van der Waals surface area (Å²) in [5, 5.41) is 98.0. The molecule has 6 fully saturated rings. The van der Waals surface area contributed by atoms with Crippen LogP contribution in [0, 0.1) is 45.3 Å². The van der Waals surface area contributed by atoms with E-state index in [1.807, 2.05) is 20.8 Å². The molecule has 20 atom stereocenters. The summed E-state index contributed by atoms with van der Waals surface area (Å²) in [6, 6.07) is 0. The molecule has 2 saturated heterocycles. The molecule has 0 amide bonds. The van der Waals surface area contributed by atoms with Gasteiger partial charge in [0, 0.05) is 0 Å². The molecule has 20 unspecified atom stereocenters. The van der Waals surface area contributed by atoms with Crippen molar-refractivity contribution >= 4 is 0 Å². The van der Waals surface area contributed by atoms with Crippen LogP contribution < -0.4 is 0 Å². The number of aliphatic hydroxyl groups is 9. The third-order valence-corrected chi connectivity index (χ3v) is 16.2. The van der Waals surface area contributed by atoms with Crippen molar-refractivity contribution in [2.45, 2.75) is 186 Å². The normalized spacial score (nSPS) is 52.8. The number of allylic oxidation sites excluding steroid dienone is 2. The fraction of sp³-hybridized carbons (Fsp3) is 0.951. The topological polar surface area (TPSA) is 219 Å². The first-order valence-electron chi connectivity index (χ1n) is 20.4. The summed E-state index contributed by atoms with van der Waals surface area (Å²) >= 11 is 0. The Morgan fingerprint density at radius 1 is 0.815 bits per heavy atom.